The summed E-state index contributed by atoms with van der Waals surface area (Å²) in [4.78, 5) is 37.2. The monoisotopic (exact) mass is 476 g/mol. The van der Waals surface area contributed by atoms with E-state index in [0.717, 1.165) is 18.9 Å². The van der Waals surface area contributed by atoms with Crippen molar-refractivity contribution < 1.29 is 27.7 Å². The maximum absolute atomic E-state index is 12.4. The molecule has 33 heavy (non-hydrogen) atoms. The van der Waals surface area contributed by atoms with Gasteiger partial charge in [-0.05, 0) is 49.1 Å². The number of amides is 1. The Morgan fingerprint density at radius 1 is 1.21 bits per heavy atom. The third-order valence-corrected chi connectivity index (χ3v) is 6.22. The van der Waals surface area contributed by atoms with Gasteiger partial charge in [-0.3, -0.25) is 14.9 Å². The standard InChI is InChI=1S/C21H24N4O7S/c1-14-7-9-24(10-8-14)18-6-5-15(11-19(18)25(28)29)21(27)32-13-20(26)23-16-3-2-4-17(12-16)33(22,30)31/h2-6,11-12,14H,7-10,13H2,1H3,(H,23,26)(H2,22,30,31). The van der Waals surface area contributed by atoms with Crippen LogP contribution in [0.25, 0.3) is 0 Å². The fourth-order valence-electron chi connectivity index (χ4n) is 3.48. The Balaban J connectivity index is 1.65. The first-order valence-electron chi connectivity index (χ1n) is 10.2. The Labute approximate surface area is 190 Å². The molecule has 0 saturated carbocycles. The van der Waals surface area contributed by atoms with Crippen molar-refractivity contribution in [3.8, 4) is 0 Å². The number of hydrogen-bond acceptors (Lipinski definition) is 8. The molecular weight excluding hydrogens is 452 g/mol. The van der Waals surface area contributed by atoms with Crippen LogP contribution in [0.5, 0.6) is 0 Å². The zero-order valence-electron chi connectivity index (χ0n) is 17.9. The van der Waals surface area contributed by atoms with Crippen LogP contribution in [0.15, 0.2) is 47.4 Å². The number of sulfonamides is 1. The number of anilines is 2. The molecule has 0 atom stereocenters. The Kier molecular flexibility index (Phi) is 7.29. The molecule has 0 aliphatic carbocycles. The molecule has 1 fully saturated rings. The fraction of sp³-hybridized carbons (Fsp3) is 0.333. The van der Waals surface area contributed by atoms with Crippen molar-refractivity contribution in [2.24, 2.45) is 11.1 Å². The molecule has 1 aliphatic rings. The van der Waals surface area contributed by atoms with Crippen molar-refractivity contribution in [1.82, 2.24) is 0 Å². The number of carbonyl (C=O) groups is 2. The van der Waals surface area contributed by atoms with Gasteiger partial charge in [-0.1, -0.05) is 13.0 Å². The van der Waals surface area contributed by atoms with Gasteiger partial charge in [0.15, 0.2) is 6.61 Å². The molecule has 0 radical (unpaired) electrons. The molecule has 3 rings (SSSR count). The molecule has 0 unspecified atom stereocenters. The molecule has 1 saturated heterocycles. The number of esters is 1. The molecule has 0 bridgehead atoms. The molecule has 1 heterocycles. The molecule has 1 aliphatic heterocycles. The molecule has 0 aromatic heterocycles. The second kappa shape index (κ2) is 9.96. The van der Waals surface area contributed by atoms with Crippen LogP contribution < -0.4 is 15.4 Å². The van der Waals surface area contributed by atoms with Crippen LogP contribution >= 0.6 is 0 Å². The number of rotatable bonds is 7. The van der Waals surface area contributed by atoms with Gasteiger partial charge in [0.05, 0.1) is 15.4 Å². The van der Waals surface area contributed by atoms with E-state index in [9.17, 15) is 28.1 Å². The summed E-state index contributed by atoms with van der Waals surface area (Å²) in [6.07, 6.45) is 1.85. The number of ether oxygens (including phenoxy) is 1. The number of carbonyl (C=O) groups excluding carboxylic acids is 2. The third-order valence-electron chi connectivity index (χ3n) is 5.31. The van der Waals surface area contributed by atoms with Crippen LogP contribution in [0.2, 0.25) is 0 Å². The second-order valence-electron chi connectivity index (χ2n) is 7.83. The summed E-state index contributed by atoms with van der Waals surface area (Å²) in [5.74, 6) is -1.06. The van der Waals surface area contributed by atoms with E-state index in [2.05, 4.69) is 12.2 Å². The van der Waals surface area contributed by atoms with E-state index in [1.807, 2.05) is 4.90 Å². The smallest absolute Gasteiger partial charge is 0.338 e. The van der Waals surface area contributed by atoms with Crippen molar-refractivity contribution in [3.63, 3.8) is 0 Å². The number of nitrogens with one attached hydrogen (secondary N) is 1. The summed E-state index contributed by atoms with van der Waals surface area (Å²) in [5.41, 5.74) is 0.331. The molecular formula is C21H24N4O7S. The first-order valence-corrected chi connectivity index (χ1v) is 11.7. The normalized spacial score (nSPS) is 14.5. The molecule has 176 valence electrons. The lowest BCUT2D eigenvalue weighted by Gasteiger charge is -2.31. The minimum absolute atomic E-state index is 0.0557. The first kappa shape index (κ1) is 24.1. The molecule has 11 nitrogen and oxygen atoms in total. The van der Waals surface area contributed by atoms with Gasteiger partial charge in [0.1, 0.15) is 5.69 Å². The average molecular weight is 477 g/mol. The van der Waals surface area contributed by atoms with E-state index >= 15 is 0 Å². The molecule has 12 heteroatoms. The first-order chi connectivity index (χ1) is 15.5. The number of nitro benzene ring substituents is 1. The van der Waals surface area contributed by atoms with Crippen molar-refractivity contribution in [2.75, 3.05) is 29.9 Å². The Bertz CT molecular complexity index is 1170. The van der Waals surface area contributed by atoms with E-state index in [1.54, 1.807) is 0 Å². The highest BCUT2D eigenvalue weighted by atomic mass is 32.2. The summed E-state index contributed by atoms with van der Waals surface area (Å²) in [5, 5.41) is 19.0. The number of benzene rings is 2. The Morgan fingerprint density at radius 3 is 2.55 bits per heavy atom. The van der Waals surface area contributed by atoms with E-state index in [-0.39, 0.29) is 21.8 Å². The lowest BCUT2D eigenvalue weighted by Crippen LogP contribution is -2.33. The van der Waals surface area contributed by atoms with Gasteiger partial charge in [-0.15, -0.1) is 0 Å². The number of nitrogens with two attached hydrogens (primary N) is 1. The molecule has 3 N–H and O–H groups in total. The highest BCUT2D eigenvalue weighted by molar-refractivity contribution is 7.89. The molecule has 0 spiro atoms. The second-order valence-corrected chi connectivity index (χ2v) is 9.39. The van der Waals surface area contributed by atoms with Crippen molar-refractivity contribution in [3.05, 3.63) is 58.1 Å². The topological polar surface area (TPSA) is 162 Å². The van der Waals surface area contributed by atoms with Crippen LogP contribution in [0.1, 0.15) is 30.1 Å². The summed E-state index contributed by atoms with van der Waals surface area (Å²) < 4.78 is 27.8. The highest BCUT2D eigenvalue weighted by Gasteiger charge is 2.25. The predicted molar refractivity (Wildman–Crippen MR) is 120 cm³/mol. The number of primary sulfonamides is 1. The molecule has 2 aromatic rings. The maximum Gasteiger partial charge on any atom is 0.338 e. The van der Waals surface area contributed by atoms with Crippen molar-refractivity contribution in [1.29, 1.82) is 0 Å². The number of nitro groups is 1. The largest absolute Gasteiger partial charge is 0.452 e. The minimum atomic E-state index is -3.94. The number of nitrogens with zero attached hydrogens (tertiary/aromatic N) is 2. The van der Waals surface area contributed by atoms with Crippen molar-refractivity contribution in [2.45, 2.75) is 24.7 Å². The zero-order chi connectivity index (χ0) is 24.2. The van der Waals surface area contributed by atoms with Gasteiger partial charge in [-0.2, -0.15) is 0 Å². The lowest BCUT2D eigenvalue weighted by molar-refractivity contribution is -0.384. The molecule has 2 aromatic carbocycles. The summed E-state index contributed by atoms with van der Waals surface area (Å²) in [6.45, 7) is 2.85. The van der Waals surface area contributed by atoms with Gasteiger partial charge in [0.25, 0.3) is 11.6 Å². The van der Waals surface area contributed by atoms with E-state index in [4.69, 9.17) is 9.88 Å². The van der Waals surface area contributed by atoms with Crippen molar-refractivity contribution >= 4 is 39.0 Å². The Morgan fingerprint density at radius 2 is 1.91 bits per heavy atom. The number of piperidine rings is 1. The van der Waals surface area contributed by atoms with E-state index in [1.165, 1.54) is 36.4 Å². The summed E-state index contributed by atoms with van der Waals surface area (Å²) in [6, 6.07) is 9.36. The van der Waals surface area contributed by atoms with Crippen LogP contribution in [0.3, 0.4) is 0 Å². The van der Waals surface area contributed by atoms with Crippen LogP contribution in [0, 0.1) is 16.0 Å². The van der Waals surface area contributed by atoms with Gasteiger partial charge in [-0.25, -0.2) is 18.4 Å². The average Bonchev–Trinajstić information content (AvgIpc) is 2.77. The SMILES string of the molecule is CC1CCN(c2ccc(C(=O)OCC(=O)Nc3cccc(S(N)(=O)=O)c3)cc2[N+](=O)[O-])CC1. The van der Waals surface area contributed by atoms with Crippen LogP contribution in [-0.4, -0.2) is 44.9 Å². The summed E-state index contributed by atoms with van der Waals surface area (Å²) in [7, 11) is -3.94. The maximum atomic E-state index is 12.4. The lowest BCUT2D eigenvalue weighted by atomic mass is 9.98. The zero-order valence-corrected chi connectivity index (χ0v) is 18.7. The predicted octanol–water partition coefficient (Wildman–Crippen LogP) is 2.27. The third kappa shape index (κ3) is 6.26. The Hall–Kier alpha value is -3.51. The van der Waals surface area contributed by atoms with Gasteiger partial charge >= 0.3 is 5.97 Å². The van der Waals surface area contributed by atoms with Crippen LogP contribution in [-0.2, 0) is 19.6 Å². The molecule has 1 amide bonds. The number of hydrogen-bond donors (Lipinski definition) is 2. The van der Waals surface area contributed by atoms with E-state index < -0.39 is 33.4 Å². The summed E-state index contributed by atoms with van der Waals surface area (Å²) >= 11 is 0. The quantitative estimate of drug-likeness (QED) is 0.349. The van der Waals surface area contributed by atoms with Gasteiger partial charge in [0, 0.05) is 24.8 Å². The minimum Gasteiger partial charge on any atom is -0.452 e. The highest BCUT2D eigenvalue weighted by Crippen LogP contribution is 2.32. The van der Waals surface area contributed by atoms with Crippen LogP contribution in [0.4, 0.5) is 17.1 Å². The van der Waals surface area contributed by atoms with Gasteiger partial charge < -0.3 is 15.0 Å². The van der Waals surface area contributed by atoms with E-state index in [0.29, 0.717) is 24.7 Å². The van der Waals surface area contributed by atoms with Gasteiger partial charge in [0.2, 0.25) is 10.0 Å². The fourth-order valence-corrected chi connectivity index (χ4v) is 4.04.